The van der Waals surface area contributed by atoms with Gasteiger partial charge in [0.15, 0.2) is 0 Å². The Morgan fingerprint density at radius 2 is 1.81 bits per heavy atom. The van der Waals surface area contributed by atoms with E-state index in [9.17, 15) is 18.5 Å². The average Bonchev–Trinajstić information content (AvgIpc) is 2.95. The molecule has 2 aromatic rings. The van der Waals surface area contributed by atoms with Gasteiger partial charge < -0.3 is 9.32 Å². The van der Waals surface area contributed by atoms with Gasteiger partial charge in [-0.2, -0.15) is 4.31 Å². The maximum absolute atomic E-state index is 13.2. The van der Waals surface area contributed by atoms with Crippen LogP contribution in [0.25, 0.3) is 0 Å². The molecule has 1 aromatic heterocycles. The predicted octanol–water partition coefficient (Wildman–Crippen LogP) is 2.56. The van der Waals surface area contributed by atoms with Gasteiger partial charge in [0.05, 0.1) is 16.4 Å². The molecule has 9 heteroatoms. The van der Waals surface area contributed by atoms with Crippen molar-refractivity contribution in [2.45, 2.75) is 25.3 Å². The highest BCUT2D eigenvalue weighted by Gasteiger charge is 2.29. The van der Waals surface area contributed by atoms with Crippen molar-refractivity contribution in [1.82, 2.24) is 9.21 Å². The van der Waals surface area contributed by atoms with Gasteiger partial charge in [0.2, 0.25) is 10.0 Å². The molecule has 8 nitrogen and oxygen atoms in total. The zero-order valence-corrected chi connectivity index (χ0v) is 16.1. The van der Waals surface area contributed by atoms with Crippen molar-refractivity contribution in [3.63, 3.8) is 0 Å². The molecule has 0 fully saturated rings. The second-order valence-corrected chi connectivity index (χ2v) is 8.22. The highest BCUT2D eigenvalue weighted by atomic mass is 32.2. The molecule has 2 rings (SSSR count). The lowest BCUT2D eigenvalue weighted by Crippen LogP contribution is -2.36. The molecule has 0 aliphatic rings. The number of furan rings is 1. The van der Waals surface area contributed by atoms with Crippen LogP contribution in [0.15, 0.2) is 39.6 Å². The monoisotopic (exact) mass is 381 g/mol. The summed E-state index contributed by atoms with van der Waals surface area (Å²) in [6.07, 6.45) is 0. The van der Waals surface area contributed by atoms with E-state index in [2.05, 4.69) is 0 Å². The van der Waals surface area contributed by atoms with Crippen molar-refractivity contribution in [2.75, 3.05) is 27.2 Å². The maximum atomic E-state index is 13.2. The zero-order chi connectivity index (χ0) is 19.5. The van der Waals surface area contributed by atoms with Crippen molar-refractivity contribution >= 4 is 15.7 Å². The number of nitrogens with zero attached hydrogens (tertiary/aromatic N) is 3. The van der Waals surface area contributed by atoms with Gasteiger partial charge in [-0.25, -0.2) is 8.42 Å². The summed E-state index contributed by atoms with van der Waals surface area (Å²) >= 11 is 0. The van der Waals surface area contributed by atoms with Crippen molar-refractivity contribution in [1.29, 1.82) is 0 Å². The molecular weight excluding hydrogens is 358 g/mol. The molecule has 0 aliphatic heterocycles. The lowest BCUT2D eigenvalue weighted by molar-refractivity contribution is -0.385. The van der Waals surface area contributed by atoms with E-state index in [1.807, 2.05) is 19.0 Å². The smallest absolute Gasteiger partial charge is 0.273 e. The van der Waals surface area contributed by atoms with E-state index < -0.39 is 14.9 Å². The van der Waals surface area contributed by atoms with Crippen molar-refractivity contribution in [3.8, 4) is 0 Å². The average molecular weight is 381 g/mol. The summed E-state index contributed by atoms with van der Waals surface area (Å²) in [7, 11) is -0.235. The number of benzene rings is 1. The van der Waals surface area contributed by atoms with Crippen LogP contribution < -0.4 is 0 Å². The third-order valence-corrected chi connectivity index (χ3v) is 5.98. The molecule has 0 spiro atoms. The predicted molar refractivity (Wildman–Crippen MR) is 97.4 cm³/mol. The first-order chi connectivity index (χ1) is 12.1. The van der Waals surface area contributed by atoms with Gasteiger partial charge in [0.25, 0.3) is 5.69 Å². The van der Waals surface area contributed by atoms with E-state index in [1.165, 1.54) is 29.4 Å². The summed E-state index contributed by atoms with van der Waals surface area (Å²) in [5, 5.41) is 11.2. The number of aryl methyl sites for hydroxylation is 1. The molecule has 0 radical (unpaired) electrons. The van der Waals surface area contributed by atoms with Gasteiger partial charge in [0.1, 0.15) is 11.5 Å². The number of sulfonamides is 1. The van der Waals surface area contributed by atoms with Crippen molar-refractivity contribution in [2.24, 2.45) is 0 Å². The molecule has 26 heavy (non-hydrogen) atoms. The first-order valence-electron chi connectivity index (χ1n) is 8.07. The lowest BCUT2D eigenvalue weighted by Gasteiger charge is -2.23. The number of rotatable bonds is 8. The minimum absolute atomic E-state index is 0.0614. The Morgan fingerprint density at radius 3 is 2.35 bits per heavy atom. The van der Waals surface area contributed by atoms with Crippen LogP contribution in [0.5, 0.6) is 0 Å². The third kappa shape index (κ3) is 4.48. The minimum Gasteiger partial charge on any atom is -0.465 e. The number of hydrogen-bond acceptors (Lipinski definition) is 6. The summed E-state index contributed by atoms with van der Waals surface area (Å²) in [6.45, 7) is 4.04. The normalized spacial score (nSPS) is 12.1. The maximum Gasteiger partial charge on any atom is 0.273 e. The summed E-state index contributed by atoms with van der Waals surface area (Å²) in [6, 6.07) is 7.58. The molecule has 0 amide bonds. The highest BCUT2D eigenvalue weighted by Crippen LogP contribution is 2.28. The van der Waals surface area contributed by atoms with Gasteiger partial charge in [0, 0.05) is 24.7 Å². The quantitative estimate of drug-likeness (QED) is 0.515. The third-order valence-electron chi connectivity index (χ3n) is 3.99. The van der Waals surface area contributed by atoms with E-state index in [4.69, 9.17) is 4.42 Å². The number of hydrogen-bond donors (Lipinski definition) is 0. The van der Waals surface area contributed by atoms with Gasteiger partial charge in [-0.05, 0) is 46.1 Å². The molecule has 0 atom stereocenters. The van der Waals surface area contributed by atoms with Crippen LogP contribution in [0, 0.1) is 24.0 Å². The second kappa shape index (κ2) is 7.98. The van der Waals surface area contributed by atoms with Crippen LogP contribution in [0.4, 0.5) is 5.69 Å². The van der Waals surface area contributed by atoms with Gasteiger partial charge >= 0.3 is 0 Å². The minimum atomic E-state index is -3.93. The molecule has 142 valence electrons. The van der Waals surface area contributed by atoms with E-state index >= 15 is 0 Å². The SMILES string of the molecule is Cc1ccc(CN(CCN(C)C)S(=O)(=O)c2cccc([N+](=O)[O-])c2C)o1. The van der Waals surface area contributed by atoms with Crippen LogP contribution in [0.1, 0.15) is 17.1 Å². The fraction of sp³-hybridized carbons (Fsp3) is 0.412. The van der Waals surface area contributed by atoms with E-state index in [0.717, 1.165) is 0 Å². The second-order valence-electron chi connectivity index (χ2n) is 6.31. The largest absolute Gasteiger partial charge is 0.465 e. The van der Waals surface area contributed by atoms with Crippen LogP contribution in [0.2, 0.25) is 0 Å². The standard InChI is InChI=1S/C17H23N3O5S/c1-13-8-9-15(25-13)12-19(11-10-18(3)4)26(23,24)17-7-5-6-16(14(17)2)20(21)22/h5-9H,10-12H2,1-4H3. The van der Waals surface area contributed by atoms with Crippen LogP contribution in [-0.4, -0.2) is 49.7 Å². The highest BCUT2D eigenvalue weighted by molar-refractivity contribution is 7.89. The Morgan fingerprint density at radius 1 is 1.12 bits per heavy atom. The van der Waals surface area contributed by atoms with Crippen LogP contribution in [0.3, 0.4) is 0 Å². The van der Waals surface area contributed by atoms with E-state index in [-0.39, 0.29) is 29.2 Å². The van der Waals surface area contributed by atoms with Crippen molar-refractivity contribution < 1.29 is 17.8 Å². The fourth-order valence-corrected chi connectivity index (χ4v) is 4.20. The number of likely N-dealkylation sites (N-methyl/N-ethyl adjacent to an activating group) is 1. The fourth-order valence-electron chi connectivity index (χ4n) is 2.56. The first kappa shape index (κ1) is 20.1. The lowest BCUT2D eigenvalue weighted by atomic mass is 10.2. The van der Waals surface area contributed by atoms with Crippen LogP contribution in [-0.2, 0) is 16.6 Å². The summed E-state index contributed by atoms with van der Waals surface area (Å²) in [5.41, 5.74) is -0.0875. The van der Waals surface area contributed by atoms with Crippen molar-refractivity contribution in [3.05, 3.63) is 57.5 Å². The molecule has 0 unspecified atom stereocenters. The molecule has 0 N–H and O–H groups in total. The number of nitro groups is 1. The molecule has 0 saturated carbocycles. The molecule has 0 saturated heterocycles. The zero-order valence-electron chi connectivity index (χ0n) is 15.3. The molecule has 0 aliphatic carbocycles. The van der Waals surface area contributed by atoms with Gasteiger partial charge in [-0.15, -0.1) is 0 Å². The Hall–Kier alpha value is -2.23. The van der Waals surface area contributed by atoms with E-state index in [0.29, 0.717) is 18.1 Å². The number of nitro benzene ring substituents is 1. The molecule has 0 bridgehead atoms. The molecule has 1 heterocycles. The Balaban J connectivity index is 2.44. The Kier molecular flexibility index (Phi) is 6.17. The summed E-state index contributed by atoms with van der Waals surface area (Å²) in [4.78, 5) is 12.4. The first-order valence-corrected chi connectivity index (χ1v) is 9.51. The topological polar surface area (TPSA) is 96.9 Å². The Labute approximate surface area is 153 Å². The van der Waals surface area contributed by atoms with Gasteiger partial charge in [-0.3, -0.25) is 10.1 Å². The molecular formula is C17H23N3O5S. The van der Waals surface area contributed by atoms with Crippen LogP contribution >= 0.6 is 0 Å². The molecule has 1 aromatic carbocycles. The van der Waals surface area contributed by atoms with E-state index in [1.54, 1.807) is 19.1 Å². The van der Waals surface area contributed by atoms with Gasteiger partial charge in [-0.1, -0.05) is 6.07 Å². The Bertz CT molecular complexity index is 890. The summed E-state index contributed by atoms with van der Waals surface area (Å²) < 4.78 is 33.2. The summed E-state index contributed by atoms with van der Waals surface area (Å²) in [5.74, 6) is 1.21.